The highest BCUT2D eigenvalue weighted by molar-refractivity contribution is 8.13. The van der Waals surface area contributed by atoms with Crippen LogP contribution in [0.4, 0.5) is 10.5 Å². The van der Waals surface area contributed by atoms with Gasteiger partial charge in [-0.05, 0) is 23.9 Å². The Balaban J connectivity index is 0.00000225. The van der Waals surface area contributed by atoms with Crippen molar-refractivity contribution in [2.24, 2.45) is 0 Å². The molecule has 5 heteroatoms. The van der Waals surface area contributed by atoms with E-state index in [4.69, 9.17) is 0 Å². The average Bonchev–Trinajstić information content (AvgIpc) is 2.17. The van der Waals surface area contributed by atoms with Crippen molar-refractivity contribution in [1.82, 2.24) is 9.80 Å². The quantitative estimate of drug-likeness (QED) is 0.434. The molecule has 0 aliphatic rings. The van der Waals surface area contributed by atoms with Crippen LogP contribution in [0.3, 0.4) is 0 Å². The first-order valence-electron chi connectivity index (χ1n) is 4.75. The summed E-state index contributed by atoms with van der Waals surface area (Å²) in [6.45, 7) is 0. The standard InChI is InChI=1S/C11H16N2OS.HI/c1-12-11(14)15-10-7-5-9(6-8-10)13(2,3)4;/h5-8H,1-4H3;1H. The zero-order valence-electron chi connectivity index (χ0n) is 9.95. The Kier molecular flexibility index (Phi) is 6.35. The lowest BCUT2D eigenvalue weighted by atomic mass is 10.3. The molecule has 0 saturated carbocycles. The molecule has 0 aliphatic heterocycles. The molecule has 0 spiro atoms. The molecular weight excluding hydrogens is 335 g/mol. The van der Waals surface area contributed by atoms with Crippen LogP contribution in [0.5, 0.6) is 0 Å². The van der Waals surface area contributed by atoms with Crippen LogP contribution >= 0.6 is 11.8 Å². The fourth-order valence-corrected chi connectivity index (χ4v) is 1.71. The summed E-state index contributed by atoms with van der Waals surface area (Å²) in [5.41, 5.74) is 1.22. The number of hydrogen-bond acceptors (Lipinski definition) is 2. The SMILES string of the molecule is CNC(=O)Sc1ccc([N+](C)(C)C)cc1.[I-]. The minimum absolute atomic E-state index is 0. The van der Waals surface area contributed by atoms with Gasteiger partial charge < -0.3 is 29.3 Å². The van der Waals surface area contributed by atoms with E-state index in [2.05, 4.69) is 26.5 Å². The number of thioether (sulfide) groups is 1. The van der Waals surface area contributed by atoms with Crippen molar-refractivity contribution in [3.05, 3.63) is 24.3 Å². The van der Waals surface area contributed by atoms with E-state index in [9.17, 15) is 4.79 Å². The second-order valence-corrected chi connectivity index (χ2v) is 5.19. The number of quaternary nitrogens is 1. The summed E-state index contributed by atoms with van der Waals surface area (Å²) in [4.78, 5) is 12.1. The van der Waals surface area contributed by atoms with Crippen LogP contribution in [0.1, 0.15) is 0 Å². The molecular formula is C11H17IN2OS. The number of nitrogens with zero attached hydrogens (tertiary/aromatic N) is 1. The number of rotatable bonds is 2. The summed E-state index contributed by atoms with van der Waals surface area (Å²) in [6.07, 6.45) is 0. The van der Waals surface area contributed by atoms with Crippen molar-refractivity contribution in [1.29, 1.82) is 0 Å². The maximum atomic E-state index is 11.1. The zero-order valence-corrected chi connectivity index (χ0v) is 12.9. The van der Waals surface area contributed by atoms with Crippen molar-refractivity contribution < 1.29 is 28.8 Å². The Hall–Kier alpha value is -0.270. The first kappa shape index (κ1) is 15.7. The first-order valence-corrected chi connectivity index (χ1v) is 5.57. The van der Waals surface area contributed by atoms with E-state index in [1.54, 1.807) is 7.05 Å². The van der Waals surface area contributed by atoms with E-state index in [1.165, 1.54) is 17.4 Å². The molecule has 0 bridgehead atoms. The molecule has 3 nitrogen and oxygen atoms in total. The normalized spacial score (nSPS) is 10.5. The molecule has 90 valence electrons. The first-order chi connectivity index (χ1) is 6.93. The predicted octanol–water partition coefficient (Wildman–Crippen LogP) is -0.681. The van der Waals surface area contributed by atoms with Crippen LogP contribution in [0.15, 0.2) is 29.2 Å². The van der Waals surface area contributed by atoms with Gasteiger partial charge in [0.25, 0.3) is 5.24 Å². The number of nitrogens with one attached hydrogen (secondary N) is 1. The van der Waals surface area contributed by atoms with E-state index < -0.39 is 0 Å². The van der Waals surface area contributed by atoms with E-state index in [-0.39, 0.29) is 29.2 Å². The smallest absolute Gasteiger partial charge is 0.283 e. The maximum Gasteiger partial charge on any atom is 0.283 e. The summed E-state index contributed by atoms with van der Waals surface area (Å²) in [6, 6.07) is 8.04. The van der Waals surface area contributed by atoms with Gasteiger partial charge in [0.2, 0.25) is 0 Å². The van der Waals surface area contributed by atoms with Crippen LogP contribution < -0.4 is 33.8 Å². The molecule has 16 heavy (non-hydrogen) atoms. The van der Waals surface area contributed by atoms with Gasteiger partial charge in [-0.2, -0.15) is 0 Å². The third kappa shape index (κ3) is 4.71. The largest absolute Gasteiger partial charge is 1.00 e. The van der Waals surface area contributed by atoms with Gasteiger partial charge in [-0.1, -0.05) is 0 Å². The number of benzene rings is 1. The minimum Gasteiger partial charge on any atom is -1.00 e. The van der Waals surface area contributed by atoms with Gasteiger partial charge in [-0.3, -0.25) is 9.28 Å². The number of hydrogen-bond donors (Lipinski definition) is 1. The van der Waals surface area contributed by atoms with Crippen molar-refractivity contribution >= 4 is 22.7 Å². The highest BCUT2D eigenvalue weighted by atomic mass is 127. The molecule has 1 rings (SSSR count). The molecule has 0 heterocycles. The molecule has 1 N–H and O–H groups in total. The Morgan fingerprint density at radius 1 is 1.19 bits per heavy atom. The van der Waals surface area contributed by atoms with Gasteiger partial charge in [0.05, 0.1) is 21.1 Å². The Labute approximate surface area is 118 Å². The van der Waals surface area contributed by atoms with Crippen molar-refractivity contribution in [3.8, 4) is 0 Å². The Morgan fingerprint density at radius 3 is 2.06 bits per heavy atom. The van der Waals surface area contributed by atoms with Gasteiger partial charge in [0, 0.05) is 24.1 Å². The van der Waals surface area contributed by atoms with Crippen molar-refractivity contribution in [2.45, 2.75) is 4.90 Å². The molecule has 0 saturated heterocycles. The summed E-state index contributed by atoms with van der Waals surface area (Å²) < 4.78 is 0.783. The van der Waals surface area contributed by atoms with Gasteiger partial charge in [-0.15, -0.1) is 0 Å². The third-order valence-corrected chi connectivity index (χ3v) is 2.92. The molecule has 1 aromatic carbocycles. The lowest BCUT2D eigenvalue weighted by Crippen LogP contribution is -3.00. The molecule has 0 aromatic heterocycles. The topological polar surface area (TPSA) is 29.1 Å². The lowest BCUT2D eigenvalue weighted by Gasteiger charge is -2.23. The van der Waals surface area contributed by atoms with E-state index in [1.807, 2.05) is 24.3 Å². The number of carbonyl (C=O) groups excluding carboxylic acids is 1. The predicted molar refractivity (Wildman–Crippen MR) is 66.3 cm³/mol. The third-order valence-electron chi connectivity index (χ3n) is 2.03. The van der Waals surface area contributed by atoms with Gasteiger partial charge >= 0.3 is 0 Å². The maximum absolute atomic E-state index is 11.1. The summed E-state index contributed by atoms with van der Waals surface area (Å²) in [7, 11) is 7.97. The van der Waals surface area contributed by atoms with Gasteiger partial charge in [-0.25, -0.2) is 0 Å². The van der Waals surface area contributed by atoms with Crippen LogP contribution in [-0.2, 0) is 0 Å². The summed E-state index contributed by atoms with van der Waals surface area (Å²) in [5.74, 6) is 0. The zero-order chi connectivity index (χ0) is 11.5. The molecule has 0 aliphatic carbocycles. The highest BCUT2D eigenvalue weighted by Gasteiger charge is 2.11. The number of amides is 1. The summed E-state index contributed by atoms with van der Waals surface area (Å²) >= 11 is 1.21. The fourth-order valence-electron chi connectivity index (χ4n) is 1.12. The van der Waals surface area contributed by atoms with Crippen molar-refractivity contribution in [3.63, 3.8) is 0 Å². The molecule has 0 fully saturated rings. The second-order valence-electron chi connectivity index (χ2n) is 4.15. The van der Waals surface area contributed by atoms with Crippen molar-refractivity contribution in [2.75, 3.05) is 28.2 Å². The fraction of sp³-hybridized carbons (Fsp3) is 0.364. The van der Waals surface area contributed by atoms with E-state index >= 15 is 0 Å². The highest BCUT2D eigenvalue weighted by Crippen LogP contribution is 2.23. The molecule has 0 unspecified atom stereocenters. The van der Waals surface area contributed by atoms with Crippen LogP contribution in [0.25, 0.3) is 0 Å². The molecule has 1 amide bonds. The van der Waals surface area contributed by atoms with Crippen LogP contribution in [0.2, 0.25) is 0 Å². The van der Waals surface area contributed by atoms with Gasteiger partial charge in [0.15, 0.2) is 0 Å². The molecule has 1 aromatic rings. The van der Waals surface area contributed by atoms with Gasteiger partial charge in [0.1, 0.15) is 5.69 Å². The monoisotopic (exact) mass is 352 g/mol. The van der Waals surface area contributed by atoms with E-state index in [0.717, 1.165) is 9.38 Å². The molecule has 0 atom stereocenters. The average molecular weight is 352 g/mol. The molecule has 0 radical (unpaired) electrons. The van der Waals surface area contributed by atoms with Crippen LogP contribution in [0, 0.1) is 0 Å². The number of halogens is 1. The van der Waals surface area contributed by atoms with E-state index in [0.29, 0.717) is 0 Å². The summed E-state index contributed by atoms with van der Waals surface area (Å²) in [5, 5.41) is 2.54. The lowest BCUT2D eigenvalue weighted by molar-refractivity contribution is -0.00000613. The van der Waals surface area contributed by atoms with Crippen LogP contribution in [-0.4, -0.2) is 33.4 Å². The second kappa shape index (κ2) is 6.46. The minimum atomic E-state index is -0.0343. The number of carbonyl (C=O) groups is 1. The Morgan fingerprint density at radius 2 is 1.69 bits per heavy atom. The Bertz CT molecular complexity index is 346.